The maximum Gasteiger partial charge on any atom is 0.242 e. The minimum atomic E-state index is -0.216. The van der Waals surface area contributed by atoms with Gasteiger partial charge in [0.1, 0.15) is 0 Å². The summed E-state index contributed by atoms with van der Waals surface area (Å²) in [4.78, 5) is 20.8. The Morgan fingerprint density at radius 3 is 2.18 bits per heavy atom. The smallest absolute Gasteiger partial charge is 0.242 e. The average molecular weight is 310 g/mol. The molecular weight excluding hydrogens is 278 g/mol. The third kappa shape index (κ3) is 13.8. The number of hydrogen-bond acceptors (Lipinski definition) is 3. The largest absolute Gasteiger partial charge is 0.291 e. The Kier molecular flexibility index (Phi) is 15.3. The number of carbonyl (C=O) groups excluding carboxylic acids is 1. The van der Waals surface area contributed by atoms with Gasteiger partial charge >= 0.3 is 0 Å². The number of nitrogens with zero attached hydrogens (tertiary/aromatic N) is 1. The van der Waals surface area contributed by atoms with Gasteiger partial charge in [-0.25, -0.2) is 0 Å². The van der Waals surface area contributed by atoms with Crippen molar-refractivity contribution in [3.8, 4) is 0 Å². The Labute approximate surface area is 135 Å². The van der Waals surface area contributed by atoms with Crippen LogP contribution in [0.1, 0.15) is 96.8 Å². The molecular formula is C18H32NO3. The topological polar surface area (TPSA) is 60.2 Å². The molecule has 0 aliphatic heterocycles. The van der Waals surface area contributed by atoms with E-state index in [1.165, 1.54) is 25.7 Å². The molecule has 127 valence electrons. The van der Waals surface area contributed by atoms with Crippen molar-refractivity contribution < 1.29 is 9.72 Å². The van der Waals surface area contributed by atoms with Gasteiger partial charge in [-0.15, -0.1) is 0 Å². The van der Waals surface area contributed by atoms with E-state index in [9.17, 15) is 14.9 Å². The van der Waals surface area contributed by atoms with Gasteiger partial charge in [-0.3, -0.25) is 14.9 Å². The molecule has 0 aromatic rings. The summed E-state index contributed by atoms with van der Waals surface area (Å²) in [6, 6.07) is 0. The summed E-state index contributed by atoms with van der Waals surface area (Å²) in [5, 5.41) is 11.0. The van der Waals surface area contributed by atoms with Crippen LogP contribution in [0.25, 0.3) is 0 Å². The molecule has 0 aromatic carbocycles. The Morgan fingerprint density at radius 1 is 0.955 bits per heavy atom. The first kappa shape index (κ1) is 20.8. The van der Waals surface area contributed by atoms with Crippen molar-refractivity contribution >= 4 is 6.29 Å². The zero-order chi connectivity index (χ0) is 16.5. The van der Waals surface area contributed by atoms with Gasteiger partial charge in [0.25, 0.3) is 0 Å². The normalized spacial score (nSPS) is 11.6. The average Bonchev–Trinajstić information content (AvgIpc) is 2.50. The summed E-state index contributed by atoms with van der Waals surface area (Å²) in [6.07, 6.45) is 17.7. The van der Waals surface area contributed by atoms with Crippen LogP contribution in [0.5, 0.6) is 0 Å². The van der Waals surface area contributed by atoms with E-state index >= 15 is 0 Å². The maximum absolute atomic E-state index is 11.0. The number of unbranched alkanes of at least 4 members (excludes halogenated alkanes) is 11. The zero-order valence-corrected chi connectivity index (χ0v) is 14.1. The van der Waals surface area contributed by atoms with Gasteiger partial charge in [-0.2, -0.15) is 0 Å². The van der Waals surface area contributed by atoms with Crippen LogP contribution in [-0.2, 0) is 4.79 Å². The number of allylic oxidation sites excluding steroid dienone is 2. The molecule has 0 aliphatic rings. The van der Waals surface area contributed by atoms with E-state index < -0.39 is 0 Å². The number of nitro groups is 1. The molecule has 0 aliphatic carbocycles. The van der Waals surface area contributed by atoms with Crippen molar-refractivity contribution in [2.45, 2.75) is 96.8 Å². The lowest BCUT2D eigenvalue weighted by Gasteiger charge is -2.01. The lowest BCUT2D eigenvalue weighted by atomic mass is 10.1. The molecule has 22 heavy (non-hydrogen) atoms. The van der Waals surface area contributed by atoms with Gasteiger partial charge in [0.2, 0.25) is 5.70 Å². The molecule has 0 spiro atoms. The third-order valence-corrected chi connectivity index (χ3v) is 3.88. The van der Waals surface area contributed by atoms with Crippen molar-refractivity contribution in [3.05, 3.63) is 21.9 Å². The van der Waals surface area contributed by atoms with Crippen molar-refractivity contribution in [3.63, 3.8) is 0 Å². The van der Waals surface area contributed by atoms with E-state index in [0.717, 1.165) is 51.4 Å². The highest BCUT2D eigenvalue weighted by atomic mass is 16.6. The van der Waals surface area contributed by atoms with Gasteiger partial charge in [-0.1, -0.05) is 58.3 Å². The van der Waals surface area contributed by atoms with Crippen molar-refractivity contribution in [2.75, 3.05) is 0 Å². The van der Waals surface area contributed by atoms with E-state index in [4.69, 9.17) is 0 Å². The van der Waals surface area contributed by atoms with Crippen LogP contribution in [0.2, 0.25) is 0 Å². The van der Waals surface area contributed by atoms with Crippen LogP contribution in [0.4, 0.5) is 0 Å². The molecule has 0 saturated heterocycles. The number of hydrogen-bond donors (Lipinski definition) is 0. The highest BCUT2D eigenvalue weighted by Crippen LogP contribution is 2.14. The molecule has 0 N–H and O–H groups in total. The SMILES string of the molecule is CCCCCCCC/C(=C/CCCCCCC[C]=O)[N+](=O)[O-]. The summed E-state index contributed by atoms with van der Waals surface area (Å²) in [5.41, 5.74) is 0.394. The lowest BCUT2D eigenvalue weighted by Crippen LogP contribution is -1.99. The monoisotopic (exact) mass is 310 g/mol. The van der Waals surface area contributed by atoms with Crippen LogP contribution >= 0.6 is 0 Å². The first-order valence-electron chi connectivity index (χ1n) is 8.90. The first-order valence-corrected chi connectivity index (χ1v) is 8.90. The molecule has 0 unspecified atom stereocenters. The van der Waals surface area contributed by atoms with Gasteiger partial charge in [-0.05, 0) is 31.8 Å². The van der Waals surface area contributed by atoms with Crippen LogP contribution in [0, 0.1) is 10.1 Å². The van der Waals surface area contributed by atoms with Gasteiger partial charge in [0.15, 0.2) is 6.29 Å². The van der Waals surface area contributed by atoms with E-state index in [-0.39, 0.29) is 4.92 Å². The quantitative estimate of drug-likeness (QED) is 0.207. The number of rotatable bonds is 16. The van der Waals surface area contributed by atoms with E-state index in [1.54, 1.807) is 0 Å². The Balaban J connectivity index is 3.68. The van der Waals surface area contributed by atoms with E-state index in [2.05, 4.69) is 6.92 Å². The molecule has 0 rings (SSSR count). The summed E-state index contributed by atoms with van der Waals surface area (Å²) in [7, 11) is 0. The summed E-state index contributed by atoms with van der Waals surface area (Å²) < 4.78 is 0. The second kappa shape index (κ2) is 16.2. The fraction of sp³-hybridized carbons (Fsp3) is 0.833. The molecule has 0 aromatic heterocycles. The predicted molar refractivity (Wildman–Crippen MR) is 91.1 cm³/mol. The predicted octanol–water partition coefficient (Wildman–Crippen LogP) is 5.74. The summed E-state index contributed by atoms with van der Waals surface area (Å²) in [6.45, 7) is 2.19. The summed E-state index contributed by atoms with van der Waals surface area (Å²) >= 11 is 0. The fourth-order valence-electron chi connectivity index (χ4n) is 2.49. The first-order chi connectivity index (χ1) is 10.7. The van der Waals surface area contributed by atoms with Crippen LogP contribution in [0.3, 0.4) is 0 Å². The molecule has 0 fully saturated rings. The molecule has 0 saturated carbocycles. The zero-order valence-electron chi connectivity index (χ0n) is 14.1. The molecule has 1 radical (unpaired) electrons. The minimum absolute atomic E-state index is 0.216. The van der Waals surface area contributed by atoms with Gasteiger partial charge < -0.3 is 0 Å². The summed E-state index contributed by atoms with van der Waals surface area (Å²) in [5.74, 6) is 0. The van der Waals surface area contributed by atoms with Crippen LogP contribution < -0.4 is 0 Å². The second-order valence-corrected chi connectivity index (χ2v) is 5.92. The molecule has 0 heterocycles. The standard InChI is InChI=1S/C18H32NO3/c1-2-3-4-5-9-12-15-18(19(21)22)16-13-10-7-6-8-11-14-17-20/h16H,2-15H2,1H3/b18-16-. The van der Waals surface area contributed by atoms with Crippen molar-refractivity contribution in [1.82, 2.24) is 0 Å². The Bertz CT molecular complexity index is 313. The fourth-order valence-corrected chi connectivity index (χ4v) is 2.49. The van der Waals surface area contributed by atoms with E-state index in [1.807, 2.05) is 12.4 Å². The van der Waals surface area contributed by atoms with Crippen molar-refractivity contribution in [1.29, 1.82) is 0 Å². The molecule has 4 heteroatoms. The molecule has 0 amide bonds. The Hall–Kier alpha value is -1.19. The van der Waals surface area contributed by atoms with E-state index in [0.29, 0.717) is 18.5 Å². The lowest BCUT2D eigenvalue weighted by molar-refractivity contribution is -0.428. The molecule has 0 atom stereocenters. The highest BCUT2D eigenvalue weighted by molar-refractivity contribution is 5.50. The second-order valence-electron chi connectivity index (χ2n) is 5.92. The minimum Gasteiger partial charge on any atom is -0.291 e. The van der Waals surface area contributed by atoms with Gasteiger partial charge in [0, 0.05) is 12.8 Å². The maximum atomic E-state index is 11.0. The van der Waals surface area contributed by atoms with Crippen molar-refractivity contribution in [2.24, 2.45) is 0 Å². The van der Waals surface area contributed by atoms with Crippen LogP contribution in [0.15, 0.2) is 11.8 Å². The molecule has 4 nitrogen and oxygen atoms in total. The van der Waals surface area contributed by atoms with Crippen LogP contribution in [-0.4, -0.2) is 11.2 Å². The van der Waals surface area contributed by atoms with Gasteiger partial charge in [0.05, 0.1) is 4.92 Å². The molecule has 0 bridgehead atoms. The highest BCUT2D eigenvalue weighted by Gasteiger charge is 2.09. The Morgan fingerprint density at radius 2 is 1.55 bits per heavy atom. The third-order valence-electron chi connectivity index (χ3n) is 3.88.